The van der Waals surface area contributed by atoms with Crippen molar-refractivity contribution >= 4 is 17.3 Å². The topological polar surface area (TPSA) is 23.5 Å². The van der Waals surface area contributed by atoms with Crippen molar-refractivity contribution in [3.63, 3.8) is 0 Å². The lowest BCUT2D eigenvalue weighted by molar-refractivity contribution is 0.203. The fraction of sp³-hybridized carbons (Fsp3) is 0.500. The van der Waals surface area contributed by atoms with Gasteiger partial charge < -0.3 is 10.0 Å². The van der Waals surface area contributed by atoms with Gasteiger partial charge in [-0.25, -0.2) is 0 Å². The normalized spacial score (nSPS) is 18.1. The second kappa shape index (κ2) is 4.86. The average Bonchev–Trinajstić information content (AvgIpc) is 2.81. The van der Waals surface area contributed by atoms with Gasteiger partial charge in [-0.3, -0.25) is 0 Å². The molecule has 1 unspecified atom stereocenters. The monoisotopic (exact) mass is 225 g/mol. The molecule has 2 nitrogen and oxygen atoms in total. The van der Waals surface area contributed by atoms with Crippen molar-refractivity contribution in [2.24, 2.45) is 0 Å². The van der Waals surface area contributed by atoms with Crippen LogP contribution < -0.4 is 4.90 Å². The molecule has 1 aromatic rings. The number of hydrogen-bond donors (Lipinski definition) is 1. The summed E-state index contributed by atoms with van der Waals surface area (Å²) in [6.45, 7) is 2.18. The SMILES string of the molecule is OC(CCl)c1ccccc1N1CCCC1. The summed E-state index contributed by atoms with van der Waals surface area (Å²) in [5.74, 6) is 0.255. The molecule has 1 atom stereocenters. The van der Waals surface area contributed by atoms with Crippen LogP contribution in [0.15, 0.2) is 24.3 Å². The lowest BCUT2D eigenvalue weighted by Crippen LogP contribution is -2.20. The van der Waals surface area contributed by atoms with Crippen LogP contribution in [0.4, 0.5) is 5.69 Å². The van der Waals surface area contributed by atoms with Gasteiger partial charge in [0, 0.05) is 24.3 Å². The van der Waals surface area contributed by atoms with Gasteiger partial charge in [-0.2, -0.15) is 0 Å². The third kappa shape index (κ3) is 2.27. The van der Waals surface area contributed by atoms with Crippen LogP contribution >= 0.6 is 11.6 Å². The molecule has 15 heavy (non-hydrogen) atoms. The van der Waals surface area contributed by atoms with E-state index in [1.807, 2.05) is 18.2 Å². The first-order chi connectivity index (χ1) is 7.33. The number of benzene rings is 1. The molecule has 3 heteroatoms. The number of halogens is 1. The zero-order valence-corrected chi connectivity index (χ0v) is 9.45. The fourth-order valence-electron chi connectivity index (χ4n) is 2.10. The molecule has 2 rings (SSSR count). The predicted octanol–water partition coefficient (Wildman–Crippen LogP) is 2.56. The van der Waals surface area contributed by atoms with E-state index in [1.54, 1.807) is 0 Å². The molecule has 1 heterocycles. The summed E-state index contributed by atoms with van der Waals surface area (Å²) in [4.78, 5) is 2.32. The number of para-hydroxylation sites is 1. The number of aliphatic hydroxyl groups excluding tert-OH is 1. The van der Waals surface area contributed by atoms with Gasteiger partial charge in [0.05, 0.1) is 12.0 Å². The van der Waals surface area contributed by atoms with Crippen LogP contribution in [0.2, 0.25) is 0 Å². The molecule has 1 N–H and O–H groups in total. The van der Waals surface area contributed by atoms with Gasteiger partial charge in [-0.05, 0) is 18.9 Å². The maximum absolute atomic E-state index is 9.81. The van der Waals surface area contributed by atoms with Crippen LogP contribution in [0.25, 0.3) is 0 Å². The van der Waals surface area contributed by atoms with E-state index in [1.165, 1.54) is 12.8 Å². The number of nitrogens with zero attached hydrogens (tertiary/aromatic N) is 1. The highest BCUT2D eigenvalue weighted by molar-refractivity contribution is 6.18. The van der Waals surface area contributed by atoms with E-state index in [4.69, 9.17) is 11.6 Å². The molecular formula is C12H16ClNO. The lowest BCUT2D eigenvalue weighted by Gasteiger charge is -2.23. The standard InChI is InChI=1S/C12H16ClNO/c13-9-12(15)10-5-1-2-6-11(10)14-7-3-4-8-14/h1-2,5-6,12,15H,3-4,7-9H2. The van der Waals surface area contributed by atoms with Crippen LogP contribution in [0.1, 0.15) is 24.5 Å². The van der Waals surface area contributed by atoms with Crippen molar-refractivity contribution in [1.82, 2.24) is 0 Å². The van der Waals surface area contributed by atoms with Crippen LogP contribution in [0, 0.1) is 0 Å². The van der Waals surface area contributed by atoms with Gasteiger partial charge in [0.15, 0.2) is 0 Å². The first kappa shape index (κ1) is 10.8. The average molecular weight is 226 g/mol. The smallest absolute Gasteiger partial charge is 0.0945 e. The molecule has 0 spiro atoms. The molecule has 1 aromatic carbocycles. The number of aliphatic hydroxyl groups is 1. The zero-order chi connectivity index (χ0) is 10.7. The highest BCUT2D eigenvalue weighted by atomic mass is 35.5. The van der Waals surface area contributed by atoms with Gasteiger partial charge in [-0.1, -0.05) is 18.2 Å². The van der Waals surface area contributed by atoms with Crippen LogP contribution in [0.5, 0.6) is 0 Å². The minimum atomic E-state index is -0.552. The van der Waals surface area contributed by atoms with Crippen molar-refractivity contribution in [1.29, 1.82) is 0 Å². The summed E-state index contributed by atoms with van der Waals surface area (Å²) in [6, 6.07) is 7.99. The second-order valence-electron chi connectivity index (χ2n) is 3.92. The highest BCUT2D eigenvalue weighted by Gasteiger charge is 2.18. The summed E-state index contributed by atoms with van der Waals surface area (Å²) in [5, 5.41) is 9.81. The van der Waals surface area contributed by atoms with Gasteiger partial charge in [0.2, 0.25) is 0 Å². The largest absolute Gasteiger partial charge is 0.387 e. The van der Waals surface area contributed by atoms with Crippen LogP contribution in [0.3, 0.4) is 0 Å². The van der Waals surface area contributed by atoms with E-state index < -0.39 is 6.10 Å². The van der Waals surface area contributed by atoms with E-state index in [0.717, 1.165) is 24.3 Å². The van der Waals surface area contributed by atoms with E-state index in [9.17, 15) is 5.11 Å². The van der Waals surface area contributed by atoms with Crippen molar-refractivity contribution < 1.29 is 5.11 Å². The molecule has 0 saturated carbocycles. The predicted molar refractivity (Wildman–Crippen MR) is 63.6 cm³/mol. The number of rotatable bonds is 3. The summed E-state index contributed by atoms with van der Waals surface area (Å²) < 4.78 is 0. The maximum Gasteiger partial charge on any atom is 0.0945 e. The zero-order valence-electron chi connectivity index (χ0n) is 8.69. The van der Waals surface area contributed by atoms with Crippen molar-refractivity contribution in [2.75, 3.05) is 23.9 Å². The Morgan fingerprint density at radius 1 is 1.27 bits per heavy atom. The quantitative estimate of drug-likeness (QED) is 0.800. The summed E-state index contributed by atoms with van der Waals surface area (Å²) in [7, 11) is 0. The Hall–Kier alpha value is -0.730. The summed E-state index contributed by atoms with van der Waals surface area (Å²) in [6.07, 6.45) is 1.93. The van der Waals surface area contributed by atoms with Gasteiger partial charge in [0.1, 0.15) is 0 Å². The molecular weight excluding hydrogens is 210 g/mol. The van der Waals surface area contributed by atoms with Crippen molar-refractivity contribution in [3.05, 3.63) is 29.8 Å². The lowest BCUT2D eigenvalue weighted by atomic mass is 10.1. The first-order valence-corrected chi connectivity index (χ1v) is 5.94. The van der Waals surface area contributed by atoms with Crippen LogP contribution in [-0.2, 0) is 0 Å². The molecule has 1 fully saturated rings. The Bertz CT molecular complexity index is 323. The Kier molecular flexibility index (Phi) is 3.49. The number of alkyl halides is 1. The van der Waals surface area contributed by atoms with E-state index >= 15 is 0 Å². The fourth-order valence-corrected chi connectivity index (χ4v) is 2.26. The Labute approximate surface area is 95.5 Å². The van der Waals surface area contributed by atoms with E-state index in [0.29, 0.717) is 0 Å². The molecule has 0 aromatic heterocycles. The first-order valence-electron chi connectivity index (χ1n) is 5.41. The number of anilines is 1. The molecule has 0 radical (unpaired) electrons. The third-order valence-corrected chi connectivity index (χ3v) is 3.18. The highest BCUT2D eigenvalue weighted by Crippen LogP contribution is 2.29. The molecule has 0 bridgehead atoms. The minimum Gasteiger partial charge on any atom is -0.387 e. The summed E-state index contributed by atoms with van der Waals surface area (Å²) >= 11 is 5.70. The second-order valence-corrected chi connectivity index (χ2v) is 4.23. The Morgan fingerprint density at radius 2 is 1.93 bits per heavy atom. The van der Waals surface area contributed by atoms with Crippen molar-refractivity contribution in [2.45, 2.75) is 18.9 Å². The van der Waals surface area contributed by atoms with Gasteiger partial charge in [0.25, 0.3) is 0 Å². The Morgan fingerprint density at radius 3 is 2.60 bits per heavy atom. The molecule has 1 aliphatic rings. The number of hydrogen-bond acceptors (Lipinski definition) is 2. The summed E-state index contributed by atoms with van der Waals surface area (Å²) in [5.41, 5.74) is 2.09. The van der Waals surface area contributed by atoms with E-state index in [2.05, 4.69) is 11.0 Å². The Balaban J connectivity index is 2.28. The van der Waals surface area contributed by atoms with Gasteiger partial charge >= 0.3 is 0 Å². The molecule has 82 valence electrons. The van der Waals surface area contributed by atoms with Gasteiger partial charge in [-0.15, -0.1) is 11.6 Å². The van der Waals surface area contributed by atoms with E-state index in [-0.39, 0.29) is 5.88 Å². The molecule has 1 saturated heterocycles. The van der Waals surface area contributed by atoms with Crippen LogP contribution in [-0.4, -0.2) is 24.1 Å². The molecule has 0 amide bonds. The molecule has 1 aliphatic heterocycles. The maximum atomic E-state index is 9.81. The minimum absolute atomic E-state index is 0.255. The third-order valence-electron chi connectivity index (χ3n) is 2.89. The molecule has 0 aliphatic carbocycles. The van der Waals surface area contributed by atoms with Crippen molar-refractivity contribution in [3.8, 4) is 0 Å².